The van der Waals surface area contributed by atoms with Gasteiger partial charge < -0.3 is 14.5 Å². The SMILES string of the molecule is O=C1CC2(CCN(C(=O)C3CCCO3)CC2)CN1Cc1ccc(F)c(F)c1. The van der Waals surface area contributed by atoms with Gasteiger partial charge in [0, 0.05) is 44.6 Å². The summed E-state index contributed by atoms with van der Waals surface area (Å²) in [7, 11) is 0. The Kier molecular flexibility index (Phi) is 4.88. The molecule has 1 spiro atoms. The van der Waals surface area contributed by atoms with Crippen LogP contribution in [0.25, 0.3) is 0 Å². The van der Waals surface area contributed by atoms with Gasteiger partial charge in [0.15, 0.2) is 11.6 Å². The van der Waals surface area contributed by atoms with Gasteiger partial charge in [0.1, 0.15) is 6.10 Å². The molecule has 0 saturated carbocycles. The Morgan fingerprint density at radius 1 is 1.22 bits per heavy atom. The fourth-order valence-electron chi connectivity index (χ4n) is 4.50. The minimum Gasteiger partial charge on any atom is -0.368 e. The summed E-state index contributed by atoms with van der Waals surface area (Å²) in [5.74, 6) is -1.66. The highest BCUT2D eigenvalue weighted by molar-refractivity contribution is 5.82. The van der Waals surface area contributed by atoms with Crippen LogP contribution in [0.3, 0.4) is 0 Å². The third-order valence-electron chi connectivity index (χ3n) is 6.10. The Balaban J connectivity index is 1.36. The number of hydrogen-bond acceptors (Lipinski definition) is 3. The van der Waals surface area contributed by atoms with Crippen LogP contribution in [0.2, 0.25) is 0 Å². The van der Waals surface area contributed by atoms with Crippen molar-refractivity contribution in [2.24, 2.45) is 5.41 Å². The number of amides is 2. The lowest BCUT2D eigenvalue weighted by Crippen LogP contribution is -2.47. The van der Waals surface area contributed by atoms with Gasteiger partial charge in [0.05, 0.1) is 0 Å². The molecule has 1 unspecified atom stereocenters. The number of nitrogens with zero attached hydrogens (tertiary/aromatic N) is 2. The summed E-state index contributed by atoms with van der Waals surface area (Å²) < 4.78 is 32.0. The van der Waals surface area contributed by atoms with E-state index in [2.05, 4.69) is 0 Å². The van der Waals surface area contributed by atoms with Gasteiger partial charge in [0.25, 0.3) is 5.91 Å². The molecule has 0 bridgehead atoms. The fraction of sp³-hybridized carbons (Fsp3) is 0.600. The van der Waals surface area contributed by atoms with Crippen LogP contribution >= 0.6 is 0 Å². The number of likely N-dealkylation sites (tertiary alicyclic amines) is 2. The summed E-state index contributed by atoms with van der Waals surface area (Å²) in [6.07, 6.45) is 3.45. The zero-order valence-electron chi connectivity index (χ0n) is 15.3. The van der Waals surface area contributed by atoms with E-state index in [-0.39, 0.29) is 29.9 Å². The molecule has 5 nitrogen and oxygen atoms in total. The first-order valence-electron chi connectivity index (χ1n) is 9.58. The topological polar surface area (TPSA) is 49.9 Å². The maximum atomic E-state index is 13.4. The minimum atomic E-state index is -0.894. The van der Waals surface area contributed by atoms with E-state index in [1.54, 1.807) is 4.90 Å². The zero-order valence-corrected chi connectivity index (χ0v) is 15.3. The monoisotopic (exact) mass is 378 g/mol. The summed E-state index contributed by atoms with van der Waals surface area (Å²) in [4.78, 5) is 28.6. The molecule has 0 aromatic heterocycles. The van der Waals surface area contributed by atoms with E-state index < -0.39 is 11.6 Å². The van der Waals surface area contributed by atoms with E-state index in [4.69, 9.17) is 4.74 Å². The predicted octanol–water partition coefficient (Wildman–Crippen LogP) is 2.48. The lowest BCUT2D eigenvalue weighted by Gasteiger charge is -2.39. The Morgan fingerprint density at radius 2 is 2.00 bits per heavy atom. The van der Waals surface area contributed by atoms with Gasteiger partial charge in [-0.15, -0.1) is 0 Å². The maximum absolute atomic E-state index is 13.4. The Bertz CT molecular complexity index is 741. The molecular formula is C20H24F2N2O3. The van der Waals surface area contributed by atoms with Crippen LogP contribution in [-0.2, 0) is 20.9 Å². The van der Waals surface area contributed by atoms with E-state index in [1.807, 2.05) is 4.90 Å². The smallest absolute Gasteiger partial charge is 0.251 e. The van der Waals surface area contributed by atoms with Crippen molar-refractivity contribution in [1.82, 2.24) is 9.80 Å². The molecule has 3 aliphatic heterocycles. The van der Waals surface area contributed by atoms with E-state index >= 15 is 0 Å². The molecule has 27 heavy (non-hydrogen) atoms. The van der Waals surface area contributed by atoms with Crippen molar-refractivity contribution in [3.8, 4) is 0 Å². The van der Waals surface area contributed by atoms with E-state index in [0.29, 0.717) is 38.2 Å². The van der Waals surface area contributed by atoms with Gasteiger partial charge in [-0.25, -0.2) is 8.78 Å². The van der Waals surface area contributed by atoms with E-state index in [9.17, 15) is 18.4 Å². The van der Waals surface area contributed by atoms with Gasteiger partial charge in [-0.3, -0.25) is 9.59 Å². The van der Waals surface area contributed by atoms with Gasteiger partial charge in [0.2, 0.25) is 5.91 Å². The third kappa shape index (κ3) is 3.70. The minimum absolute atomic E-state index is 0.0404. The lowest BCUT2D eigenvalue weighted by atomic mass is 9.77. The first kappa shape index (κ1) is 18.3. The van der Waals surface area contributed by atoms with E-state index in [1.165, 1.54) is 6.07 Å². The van der Waals surface area contributed by atoms with Gasteiger partial charge in [-0.1, -0.05) is 6.07 Å². The zero-order chi connectivity index (χ0) is 19.0. The van der Waals surface area contributed by atoms with Crippen molar-refractivity contribution < 1.29 is 23.1 Å². The molecule has 0 radical (unpaired) electrons. The summed E-state index contributed by atoms with van der Waals surface area (Å²) in [6, 6.07) is 3.76. The fourth-order valence-corrected chi connectivity index (χ4v) is 4.50. The number of carbonyl (C=O) groups is 2. The highest BCUT2D eigenvalue weighted by Gasteiger charge is 2.46. The van der Waals surface area contributed by atoms with Crippen LogP contribution in [-0.4, -0.2) is 54.0 Å². The molecule has 3 heterocycles. The van der Waals surface area contributed by atoms with Crippen molar-refractivity contribution in [2.45, 2.75) is 44.8 Å². The van der Waals surface area contributed by atoms with Crippen molar-refractivity contribution >= 4 is 11.8 Å². The van der Waals surface area contributed by atoms with Crippen molar-refractivity contribution in [1.29, 1.82) is 0 Å². The first-order valence-corrected chi connectivity index (χ1v) is 9.58. The Morgan fingerprint density at radius 3 is 2.67 bits per heavy atom. The number of ether oxygens (including phenoxy) is 1. The maximum Gasteiger partial charge on any atom is 0.251 e. The first-order chi connectivity index (χ1) is 13.0. The van der Waals surface area contributed by atoms with Crippen LogP contribution in [0, 0.1) is 17.0 Å². The molecule has 3 aliphatic rings. The number of halogens is 2. The number of carbonyl (C=O) groups excluding carboxylic acids is 2. The molecule has 0 aliphatic carbocycles. The van der Waals surface area contributed by atoms with Crippen molar-refractivity contribution in [3.05, 3.63) is 35.4 Å². The summed E-state index contributed by atoms with van der Waals surface area (Å²) in [6.45, 7) is 2.83. The number of piperidine rings is 1. The number of hydrogen-bond donors (Lipinski definition) is 0. The highest BCUT2D eigenvalue weighted by Crippen LogP contribution is 2.41. The summed E-state index contributed by atoms with van der Waals surface area (Å²) in [5, 5.41) is 0. The lowest BCUT2D eigenvalue weighted by molar-refractivity contribution is -0.143. The molecule has 4 rings (SSSR count). The van der Waals surface area contributed by atoms with E-state index in [0.717, 1.165) is 37.8 Å². The van der Waals surface area contributed by atoms with Crippen molar-refractivity contribution in [2.75, 3.05) is 26.2 Å². The van der Waals surface area contributed by atoms with Crippen LogP contribution in [0.5, 0.6) is 0 Å². The summed E-state index contributed by atoms with van der Waals surface area (Å²) in [5.41, 5.74) is 0.466. The van der Waals surface area contributed by atoms with Gasteiger partial charge in [-0.05, 0) is 43.4 Å². The van der Waals surface area contributed by atoms with Crippen LogP contribution in [0.4, 0.5) is 8.78 Å². The molecule has 7 heteroatoms. The molecule has 2 amide bonds. The largest absolute Gasteiger partial charge is 0.368 e. The number of rotatable bonds is 3. The van der Waals surface area contributed by atoms with Crippen LogP contribution < -0.4 is 0 Å². The Labute approximate surface area is 157 Å². The van der Waals surface area contributed by atoms with Gasteiger partial charge >= 0.3 is 0 Å². The van der Waals surface area contributed by atoms with Crippen LogP contribution in [0.1, 0.15) is 37.7 Å². The molecule has 1 aromatic rings. The molecule has 1 aromatic carbocycles. The standard InChI is InChI=1S/C20H24F2N2O3/c21-15-4-3-14(10-16(15)22)12-24-13-20(11-18(24)25)5-7-23(8-6-20)19(26)17-2-1-9-27-17/h3-4,10,17H,1-2,5-9,11-13H2. The second kappa shape index (κ2) is 7.19. The Hall–Kier alpha value is -2.02. The second-order valence-corrected chi connectivity index (χ2v) is 8.00. The normalized spacial score (nSPS) is 24.8. The molecule has 1 atom stereocenters. The van der Waals surface area contributed by atoms with Gasteiger partial charge in [-0.2, -0.15) is 0 Å². The molecule has 146 valence electrons. The number of benzene rings is 1. The predicted molar refractivity (Wildman–Crippen MR) is 93.6 cm³/mol. The summed E-state index contributed by atoms with van der Waals surface area (Å²) >= 11 is 0. The van der Waals surface area contributed by atoms with Crippen molar-refractivity contribution in [3.63, 3.8) is 0 Å². The molecule has 0 N–H and O–H groups in total. The quantitative estimate of drug-likeness (QED) is 0.812. The molecular weight excluding hydrogens is 354 g/mol. The molecule has 3 saturated heterocycles. The average Bonchev–Trinajstić information content (AvgIpc) is 3.28. The average molecular weight is 378 g/mol. The second-order valence-electron chi connectivity index (χ2n) is 8.00. The molecule has 3 fully saturated rings. The highest BCUT2D eigenvalue weighted by atomic mass is 19.2. The third-order valence-corrected chi connectivity index (χ3v) is 6.10. The van der Waals surface area contributed by atoms with Crippen LogP contribution in [0.15, 0.2) is 18.2 Å².